The number of rotatable bonds is 6. The minimum Gasteiger partial charge on any atom is -0.495 e. The van der Waals surface area contributed by atoms with E-state index in [0.29, 0.717) is 16.3 Å². The number of fused-ring (bicyclic) bond motifs is 1. The SMILES string of the molecule is CCOC(=O)c1c(NS(=O)(=O)c2ccc(OC)c(Cl)c2)sc2c1CCCC2. The van der Waals surface area contributed by atoms with E-state index in [1.165, 1.54) is 36.6 Å². The van der Waals surface area contributed by atoms with Crippen LogP contribution in [0.25, 0.3) is 0 Å². The van der Waals surface area contributed by atoms with E-state index in [9.17, 15) is 13.2 Å². The quantitative estimate of drug-likeness (QED) is 0.693. The summed E-state index contributed by atoms with van der Waals surface area (Å²) in [4.78, 5) is 13.5. The zero-order chi connectivity index (χ0) is 19.6. The summed E-state index contributed by atoms with van der Waals surface area (Å²) in [5, 5.41) is 0.490. The predicted octanol–water partition coefficient (Wildman–Crippen LogP) is 4.27. The second-order valence-electron chi connectivity index (χ2n) is 6.04. The van der Waals surface area contributed by atoms with Gasteiger partial charge in [-0.3, -0.25) is 4.72 Å². The van der Waals surface area contributed by atoms with Crippen LogP contribution in [0.5, 0.6) is 5.75 Å². The van der Waals surface area contributed by atoms with Gasteiger partial charge in [-0.05, 0) is 56.4 Å². The molecular formula is C18H20ClNO5S2. The lowest BCUT2D eigenvalue weighted by molar-refractivity contribution is 0.0526. The Morgan fingerprint density at radius 1 is 1.30 bits per heavy atom. The van der Waals surface area contributed by atoms with Gasteiger partial charge >= 0.3 is 5.97 Å². The molecule has 0 saturated carbocycles. The van der Waals surface area contributed by atoms with Gasteiger partial charge in [-0.25, -0.2) is 13.2 Å². The van der Waals surface area contributed by atoms with Crippen molar-refractivity contribution in [2.75, 3.05) is 18.4 Å². The molecule has 0 radical (unpaired) electrons. The Kier molecular flexibility index (Phi) is 5.98. The molecule has 1 aliphatic carbocycles. The van der Waals surface area contributed by atoms with E-state index in [1.54, 1.807) is 6.92 Å². The number of esters is 1. The summed E-state index contributed by atoms with van der Waals surface area (Å²) in [5.41, 5.74) is 1.23. The molecule has 3 rings (SSSR count). The molecular weight excluding hydrogens is 410 g/mol. The molecule has 0 unspecified atom stereocenters. The van der Waals surface area contributed by atoms with Crippen LogP contribution in [-0.2, 0) is 27.6 Å². The third-order valence-corrected chi connectivity index (χ3v) is 7.29. The average molecular weight is 430 g/mol. The number of hydrogen-bond donors (Lipinski definition) is 1. The third-order valence-electron chi connectivity index (χ3n) is 4.31. The molecule has 0 bridgehead atoms. The highest BCUT2D eigenvalue weighted by Gasteiger charge is 2.29. The molecule has 0 atom stereocenters. The zero-order valence-corrected chi connectivity index (χ0v) is 17.4. The van der Waals surface area contributed by atoms with Crippen LogP contribution in [0.4, 0.5) is 5.00 Å². The van der Waals surface area contributed by atoms with E-state index in [2.05, 4.69) is 4.72 Å². The number of benzene rings is 1. The molecule has 0 spiro atoms. The number of carbonyl (C=O) groups is 1. The Hall–Kier alpha value is -1.77. The van der Waals surface area contributed by atoms with Gasteiger partial charge in [-0.1, -0.05) is 11.6 Å². The monoisotopic (exact) mass is 429 g/mol. The maximum atomic E-state index is 12.8. The number of nitrogens with one attached hydrogen (secondary N) is 1. The summed E-state index contributed by atoms with van der Waals surface area (Å²) in [6.07, 6.45) is 3.57. The van der Waals surface area contributed by atoms with Crippen molar-refractivity contribution in [2.45, 2.75) is 37.5 Å². The standard InChI is InChI=1S/C18H20ClNO5S2/c1-3-25-18(21)16-12-6-4-5-7-15(12)26-17(16)20-27(22,23)11-8-9-14(24-2)13(19)10-11/h8-10,20H,3-7H2,1-2H3. The molecule has 1 aromatic carbocycles. The largest absolute Gasteiger partial charge is 0.495 e. The normalized spacial score (nSPS) is 13.7. The Morgan fingerprint density at radius 2 is 2.04 bits per heavy atom. The van der Waals surface area contributed by atoms with E-state index >= 15 is 0 Å². The summed E-state index contributed by atoms with van der Waals surface area (Å²) >= 11 is 7.36. The van der Waals surface area contributed by atoms with Crippen molar-refractivity contribution >= 4 is 43.9 Å². The smallest absolute Gasteiger partial charge is 0.341 e. The van der Waals surface area contributed by atoms with Crippen molar-refractivity contribution in [3.05, 3.63) is 39.2 Å². The summed E-state index contributed by atoms with van der Waals surface area (Å²) in [6.45, 7) is 1.95. The average Bonchev–Trinajstić information content (AvgIpc) is 2.98. The van der Waals surface area contributed by atoms with E-state index in [-0.39, 0.29) is 16.5 Å². The highest BCUT2D eigenvalue weighted by Crippen LogP contribution is 2.40. The molecule has 1 aromatic heterocycles. The fourth-order valence-electron chi connectivity index (χ4n) is 3.05. The first-order valence-corrected chi connectivity index (χ1v) is 11.2. The molecule has 1 N–H and O–H groups in total. The topological polar surface area (TPSA) is 81.7 Å². The number of methoxy groups -OCH3 is 1. The fraction of sp³-hybridized carbons (Fsp3) is 0.389. The highest BCUT2D eigenvalue weighted by atomic mass is 35.5. The molecule has 27 heavy (non-hydrogen) atoms. The van der Waals surface area contributed by atoms with Crippen molar-refractivity contribution < 1.29 is 22.7 Å². The number of ether oxygens (including phenoxy) is 2. The Labute approximate surface area is 167 Å². The summed E-state index contributed by atoms with van der Waals surface area (Å²) in [6, 6.07) is 4.22. The first-order valence-electron chi connectivity index (χ1n) is 8.55. The van der Waals surface area contributed by atoms with Gasteiger partial charge in [0.2, 0.25) is 0 Å². The van der Waals surface area contributed by atoms with E-state index in [0.717, 1.165) is 36.1 Å². The van der Waals surface area contributed by atoms with Crippen LogP contribution in [-0.4, -0.2) is 28.1 Å². The molecule has 0 saturated heterocycles. The minimum absolute atomic E-state index is 0.00511. The number of sulfonamides is 1. The van der Waals surface area contributed by atoms with Gasteiger partial charge in [-0.15, -0.1) is 11.3 Å². The van der Waals surface area contributed by atoms with E-state index in [4.69, 9.17) is 21.1 Å². The van der Waals surface area contributed by atoms with Crippen LogP contribution < -0.4 is 9.46 Å². The van der Waals surface area contributed by atoms with Crippen LogP contribution in [0, 0.1) is 0 Å². The van der Waals surface area contributed by atoms with Crippen LogP contribution >= 0.6 is 22.9 Å². The first kappa shape index (κ1) is 20.0. The molecule has 6 nitrogen and oxygen atoms in total. The lowest BCUT2D eigenvalue weighted by Gasteiger charge is -2.13. The predicted molar refractivity (Wildman–Crippen MR) is 106 cm³/mol. The number of anilines is 1. The van der Waals surface area contributed by atoms with Crippen LogP contribution in [0.3, 0.4) is 0 Å². The molecule has 2 aromatic rings. The third kappa shape index (κ3) is 4.07. The van der Waals surface area contributed by atoms with Crippen LogP contribution in [0.1, 0.15) is 40.6 Å². The van der Waals surface area contributed by atoms with Gasteiger partial charge in [0, 0.05) is 4.88 Å². The molecule has 0 aliphatic heterocycles. The van der Waals surface area contributed by atoms with Gasteiger partial charge in [0.05, 0.1) is 29.2 Å². The van der Waals surface area contributed by atoms with E-state index < -0.39 is 16.0 Å². The van der Waals surface area contributed by atoms with Gasteiger partial charge in [0.15, 0.2) is 0 Å². The van der Waals surface area contributed by atoms with Crippen molar-refractivity contribution in [3.8, 4) is 5.75 Å². The molecule has 9 heteroatoms. The van der Waals surface area contributed by atoms with E-state index in [1.807, 2.05) is 0 Å². The maximum Gasteiger partial charge on any atom is 0.341 e. The Morgan fingerprint density at radius 3 is 2.70 bits per heavy atom. The molecule has 146 valence electrons. The second-order valence-corrected chi connectivity index (χ2v) is 9.23. The number of carbonyl (C=O) groups excluding carboxylic acids is 1. The summed E-state index contributed by atoms with van der Waals surface area (Å²) < 4.78 is 38.5. The lowest BCUT2D eigenvalue weighted by atomic mass is 9.95. The molecule has 0 amide bonds. The highest BCUT2D eigenvalue weighted by molar-refractivity contribution is 7.93. The Bertz CT molecular complexity index is 968. The second kappa shape index (κ2) is 8.08. The van der Waals surface area contributed by atoms with Crippen molar-refractivity contribution in [3.63, 3.8) is 0 Å². The number of halogens is 1. The van der Waals surface area contributed by atoms with Crippen LogP contribution in [0.2, 0.25) is 5.02 Å². The zero-order valence-electron chi connectivity index (χ0n) is 15.0. The van der Waals surface area contributed by atoms with Crippen molar-refractivity contribution in [1.82, 2.24) is 0 Å². The minimum atomic E-state index is -3.92. The summed E-state index contributed by atoms with van der Waals surface area (Å²) in [5.74, 6) is -0.114. The number of hydrogen-bond acceptors (Lipinski definition) is 6. The van der Waals surface area contributed by atoms with Gasteiger partial charge < -0.3 is 9.47 Å². The van der Waals surface area contributed by atoms with Gasteiger partial charge in [0.25, 0.3) is 10.0 Å². The van der Waals surface area contributed by atoms with Crippen molar-refractivity contribution in [1.29, 1.82) is 0 Å². The first-order chi connectivity index (χ1) is 12.9. The van der Waals surface area contributed by atoms with Crippen LogP contribution in [0.15, 0.2) is 23.1 Å². The van der Waals surface area contributed by atoms with Gasteiger partial charge in [0.1, 0.15) is 10.8 Å². The lowest BCUT2D eigenvalue weighted by Crippen LogP contribution is -2.16. The molecule has 0 fully saturated rings. The van der Waals surface area contributed by atoms with Gasteiger partial charge in [-0.2, -0.15) is 0 Å². The number of aryl methyl sites for hydroxylation is 1. The Balaban J connectivity index is 2.00. The molecule has 1 aliphatic rings. The number of thiophene rings is 1. The molecule has 1 heterocycles. The maximum absolute atomic E-state index is 12.8. The van der Waals surface area contributed by atoms with Crippen molar-refractivity contribution in [2.24, 2.45) is 0 Å². The summed E-state index contributed by atoms with van der Waals surface area (Å²) in [7, 11) is -2.46. The fourth-order valence-corrected chi connectivity index (χ4v) is 5.98.